The number of carbonyl (C=O) groups excluding carboxylic acids is 2. The number of rotatable bonds is 3. The van der Waals surface area contributed by atoms with Gasteiger partial charge in [-0.15, -0.1) is 10.2 Å². The fraction of sp³-hybridized carbons (Fsp3) is 0.308. The number of imide groups is 1. The third kappa shape index (κ3) is 2.64. The molecule has 2 heterocycles. The summed E-state index contributed by atoms with van der Waals surface area (Å²) in [5.41, 5.74) is 0.745. The molecule has 1 atom stereocenters. The number of urea groups is 1. The van der Waals surface area contributed by atoms with Gasteiger partial charge in [-0.25, -0.2) is 4.79 Å². The monoisotopic (exact) mass is 320 g/mol. The third-order valence-corrected chi connectivity index (χ3v) is 3.61. The molecule has 1 saturated heterocycles. The number of amides is 3. The van der Waals surface area contributed by atoms with Crippen LogP contribution in [0.15, 0.2) is 24.3 Å². The Morgan fingerprint density at radius 1 is 1.36 bits per heavy atom. The number of nitrogens with one attached hydrogen (secondary N) is 1. The largest absolute Gasteiger partial charge is 0.336 e. The molecule has 1 aliphatic heterocycles. The molecule has 9 heteroatoms. The van der Waals surface area contributed by atoms with Gasteiger partial charge in [0.15, 0.2) is 0 Å². The van der Waals surface area contributed by atoms with Crippen LogP contribution in [0.1, 0.15) is 13.0 Å². The van der Waals surface area contributed by atoms with E-state index < -0.39 is 12.1 Å². The summed E-state index contributed by atoms with van der Waals surface area (Å²) >= 11 is 5.83. The Kier molecular flexibility index (Phi) is 3.76. The van der Waals surface area contributed by atoms with Crippen LogP contribution in [-0.4, -0.2) is 50.1 Å². The van der Waals surface area contributed by atoms with Crippen LogP contribution in [0.3, 0.4) is 0 Å². The molecule has 0 saturated carbocycles. The predicted octanol–water partition coefficient (Wildman–Crippen LogP) is 1.11. The molecule has 1 aromatic heterocycles. The van der Waals surface area contributed by atoms with Gasteiger partial charge >= 0.3 is 6.03 Å². The van der Waals surface area contributed by atoms with E-state index >= 15 is 0 Å². The third-order valence-electron chi connectivity index (χ3n) is 3.36. The lowest BCUT2D eigenvalue weighted by Gasteiger charge is -2.16. The molecule has 1 aliphatic rings. The van der Waals surface area contributed by atoms with Crippen LogP contribution in [0.4, 0.5) is 4.79 Å². The molecule has 3 amide bonds. The SMILES string of the molecule is C[C@@H](C(=O)N1CCNC1=O)n1nnc(-c2ccc(Cl)cc2)n1. The Bertz CT molecular complexity index is 714. The average Bonchev–Trinajstić information content (AvgIpc) is 3.15. The number of hydrogen-bond acceptors (Lipinski definition) is 5. The van der Waals surface area contributed by atoms with Crippen molar-refractivity contribution >= 4 is 23.5 Å². The van der Waals surface area contributed by atoms with Crippen LogP contribution >= 0.6 is 11.6 Å². The minimum absolute atomic E-state index is 0.348. The first-order chi connectivity index (χ1) is 10.6. The van der Waals surface area contributed by atoms with Gasteiger partial charge in [-0.1, -0.05) is 11.6 Å². The fourth-order valence-corrected chi connectivity index (χ4v) is 2.24. The Balaban J connectivity index is 1.79. The summed E-state index contributed by atoms with van der Waals surface area (Å²) < 4.78 is 0. The first kappa shape index (κ1) is 14.5. The minimum atomic E-state index is -0.711. The van der Waals surface area contributed by atoms with Crippen molar-refractivity contribution in [3.8, 4) is 11.4 Å². The number of benzene rings is 1. The van der Waals surface area contributed by atoms with Crippen molar-refractivity contribution in [1.82, 2.24) is 30.4 Å². The van der Waals surface area contributed by atoms with Gasteiger partial charge in [0.2, 0.25) is 5.82 Å². The highest BCUT2D eigenvalue weighted by Crippen LogP contribution is 2.18. The maximum Gasteiger partial charge on any atom is 0.324 e. The number of aromatic nitrogens is 4. The van der Waals surface area contributed by atoms with Crippen molar-refractivity contribution in [3.05, 3.63) is 29.3 Å². The molecular weight excluding hydrogens is 308 g/mol. The maximum absolute atomic E-state index is 12.3. The molecule has 2 aromatic rings. The summed E-state index contributed by atoms with van der Waals surface area (Å²) in [6.45, 7) is 2.43. The molecule has 1 N–H and O–H groups in total. The van der Waals surface area contributed by atoms with Gasteiger partial charge in [0.05, 0.1) is 0 Å². The number of halogens is 1. The number of tetrazole rings is 1. The van der Waals surface area contributed by atoms with Crippen LogP contribution < -0.4 is 5.32 Å². The summed E-state index contributed by atoms with van der Waals surface area (Å²) in [5, 5.41) is 15.2. The van der Waals surface area contributed by atoms with Crippen molar-refractivity contribution in [2.75, 3.05) is 13.1 Å². The lowest BCUT2D eigenvalue weighted by Crippen LogP contribution is -2.39. The van der Waals surface area contributed by atoms with E-state index in [-0.39, 0.29) is 5.91 Å². The highest BCUT2D eigenvalue weighted by Gasteiger charge is 2.31. The Labute approximate surface area is 131 Å². The number of hydrogen-bond donors (Lipinski definition) is 1. The second-order valence-electron chi connectivity index (χ2n) is 4.84. The van der Waals surface area contributed by atoms with Gasteiger partial charge < -0.3 is 5.32 Å². The van der Waals surface area contributed by atoms with E-state index in [0.29, 0.717) is 23.9 Å². The van der Waals surface area contributed by atoms with Crippen LogP contribution in [-0.2, 0) is 4.79 Å². The zero-order chi connectivity index (χ0) is 15.7. The van der Waals surface area contributed by atoms with Crippen molar-refractivity contribution in [3.63, 3.8) is 0 Å². The molecule has 1 fully saturated rings. The van der Waals surface area contributed by atoms with Gasteiger partial charge in [0.1, 0.15) is 6.04 Å². The molecule has 0 spiro atoms. The first-order valence-electron chi connectivity index (χ1n) is 6.71. The summed E-state index contributed by atoms with van der Waals surface area (Å²) in [6, 6.07) is 5.88. The van der Waals surface area contributed by atoms with E-state index in [1.807, 2.05) is 0 Å². The van der Waals surface area contributed by atoms with Gasteiger partial charge in [0.25, 0.3) is 5.91 Å². The lowest BCUT2D eigenvalue weighted by atomic mass is 10.2. The summed E-state index contributed by atoms with van der Waals surface area (Å²) in [4.78, 5) is 26.1. The van der Waals surface area contributed by atoms with Crippen molar-refractivity contribution < 1.29 is 9.59 Å². The molecule has 0 bridgehead atoms. The molecule has 8 nitrogen and oxygen atoms in total. The molecule has 0 radical (unpaired) electrons. The molecular formula is C13H13ClN6O2. The average molecular weight is 321 g/mol. The Morgan fingerprint density at radius 3 is 2.73 bits per heavy atom. The highest BCUT2D eigenvalue weighted by atomic mass is 35.5. The zero-order valence-corrected chi connectivity index (χ0v) is 12.5. The first-order valence-corrected chi connectivity index (χ1v) is 7.08. The zero-order valence-electron chi connectivity index (χ0n) is 11.7. The topological polar surface area (TPSA) is 93.0 Å². The van der Waals surface area contributed by atoms with E-state index in [4.69, 9.17) is 11.6 Å². The number of carbonyl (C=O) groups is 2. The minimum Gasteiger partial charge on any atom is -0.336 e. The fourth-order valence-electron chi connectivity index (χ4n) is 2.11. The van der Waals surface area contributed by atoms with Crippen LogP contribution in [0.5, 0.6) is 0 Å². The molecule has 114 valence electrons. The van der Waals surface area contributed by atoms with Gasteiger partial charge in [-0.05, 0) is 36.4 Å². The second kappa shape index (κ2) is 5.72. The van der Waals surface area contributed by atoms with Gasteiger partial charge in [0, 0.05) is 23.7 Å². The van der Waals surface area contributed by atoms with E-state index in [1.165, 1.54) is 4.80 Å². The van der Waals surface area contributed by atoms with Gasteiger partial charge in [-0.3, -0.25) is 9.69 Å². The molecule has 22 heavy (non-hydrogen) atoms. The van der Waals surface area contributed by atoms with E-state index in [9.17, 15) is 9.59 Å². The standard InChI is InChI=1S/C13H13ClN6O2/c1-8(12(21)19-7-6-15-13(19)22)20-17-11(16-18-20)9-2-4-10(14)5-3-9/h2-5,8H,6-7H2,1H3,(H,15,22)/t8-/m0/s1. The van der Waals surface area contributed by atoms with Gasteiger partial charge in [-0.2, -0.15) is 4.80 Å². The molecule has 0 aliphatic carbocycles. The molecule has 1 aromatic carbocycles. The summed E-state index contributed by atoms with van der Waals surface area (Å²) in [5.74, 6) is 0.0252. The van der Waals surface area contributed by atoms with Crippen LogP contribution in [0, 0.1) is 0 Å². The summed E-state index contributed by atoms with van der Waals surface area (Å²) in [6.07, 6.45) is 0. The molecule has 0 unspecified atom stereocenters. The quantitative estimate of drug-likeness (QED) is 0.914. The van der Waals surface area contributed by atoms with Crippen LogP contribution in [0.2, 0.25) is 5.02 Å². The summed E-state index contributed by atoms with van der Waals surface area (Å²) in [7, 11) is 0. The molecule has 3 rings (SSSR count). The normalized spacial score (nSPS) is 15.7. The van der Waals surface area contributed by atoms with E-state index in [2.05, 4.69) is 20.7 Å². The second-order valence-corrected chi connectivity index (χ2v) is 5.27. The van der Waals surface area contributed by atoms with Crippen LogP contribution in [0.25, 0.3) is 11.4 Å². The van der Waals surface area contributed by atoms with Crippen molar-refractivity contribution in [1.29, 1.82) is 0 Å². The van der Waals surface area contributed by atoms with Crippen molar-refractivity contribution in [2.24, 2.45) is 0 Å². The lowest BCUT2D eigenvalue weighted by molar-refractivity contribution is -0.131. The Hall–Kier alpha value is -2.48. The predicted molar refractivity (Wildman–Crippen MR) is 78.1 cm³/mol. The van der Waals surface area contributed by atoms with E-state index in [0.717, 1.165) is 10.5 Å². The maximum atomic E-state index is 12.3. The van der Waals surface area contributed by atoms with E-state index in [1.54, 1.807) is 31.2 Å². The smallest absolute Gasteiger partial charge is 0.324 e. The highest BCUT2D eigenvalue weighted by molar-refractivity contribution is 6.30. The van der Waals surface area contributed by atoms with Crippen molar-refractivity contribution in [2.45, 2.75) is 13.0 Å². The number of nitrogens with zero attached hydrogens (tertiary/aromatic N) is 5. The Morgan fingerprint density at radius 2 is 2.09 bits per heavy atom.